The molecule has 7 heteroatoms. The maximum atomic E-state index is 11.2. The van der Waals surface area contributed by atoms with Crippen LogP contribution in [0.15, 0.2) is 18.2 Å². The second kappa shape index (κ2) is 7.98. The Morgan fingerprint density at radius 1 is 1.38 bits per heavy atom. The second-order valence-electron chi connectivity index (χ2n) is 6.21. The molecular formula is C17H25NO5S. The summed E-state index contributed by atoms with van der Waals surface area (Å²) >= 11 is 0. The van der Waals surface area contributed by atoms with Gasteiger partial charge >= 0.3 is 5.97 Å². The maximum Gasteiger partial charge on any atom is 0.302 e. The van der Waals surface area contributed by atoms with E-state index >= 15 is 0 Å². The first kappa shape index (κ1) is 18.7. The van der Waals surface area contributed by atoms with Crippen molar-refractivity contribution in [2.45, 2.75) is 39.2 Å². The number of hydrogen-bond acceptors (Lipinski definition) is 6. The van der Waals surface area contributed by atoms with Gasteiger partial charge in [-0.3, -0.25) is 8.98 Å². The van der Waals surface area contributed by atoms with Gasteiger partial charge in [-0.1, -0.05) is 12.1 Å². The smallest absolute Gasteiger partial charge is 0.302 e. The van der Waals surface area contributed by atoms with Crippen molar-refractivity contribution < 1.29 is 22.1 Å². The third kappa shape index (κ3) is 5.79. The molecule has 0 N–H and O–H groups in total. The minimum Gasteiger partial charge on any atom is -0.466 e. The van der Waals surface area contributed by atoms with Crippen molar-refractivity contribution in [3.8, 4) is 0 Å². The van der Waals surface area contributed by atoms with Crippen LogP contribution < -0.4 is 4.90 Å². The molecule has 1 atom stereocenters. The minimum atomic E-state index is -3.43. The monoisotopic (exact) mass is 355 g/mol. The average molecular weight is 355 g/mol. The molecule has 1 aromatic carbocycles. The van der Waals surface area contributed by atoms with Crippen LogP contribution in [0.3, 0.4) is 0 Å². The number of rotatable bonds is 8. The van der Waals surface area contributed by atoms with E-state index in [4.69, 9.17) is 8.92 Å². The third-order valence-corrected chi connectivity index (χ3v) is 4.55. The summed E-state index contributed by atoms with van der Waals surface area (Å²) in [5.41, 5.74) is 3.55. The normalized spacial score (nSPS) is 15.2. The highest BCUT2D eigenvalue weighted by molar-refractivity contribution is 7.86. The van der Waals surface area contributed by atoms with Crippen LogP contribution in [-0.2, 0) is 36.7 Å². The molecule has 1 unspecified atom stereocenters. The average Bonchev–Trinajstić information content (AvgIpc) is 2.83. The summed E-state index contributed by atoms with van der Waals surface area (Å²) in [5.74, 6) is -0.244. The summed E-state index contributed by atoms with van der Waals surface area (Å²) < 4.78 is 32.3. The zero-order chi connectivity index (χ0) is 17.7. The van der Waals surface area contributed by atoms with Crippen molar-refractivity contribution in [3.05, 3.63) is 29.3 Å². The lowest BCUT2D eigenvalue weighted by atomic mass is 10.0. The highest BCUT2D eigenvalue weighted by atomic mass is 32.2. The van der Waals surface area contributed by atoms with Gasteiger partial charge in [0.1, 0.15) is 0 Å². The summed E-state index contributed by atoms with van der Waals surface area (Å²) in [6.45, 7) is 5.43. The van der Waals surface area contributed by atoms with E-state index in [1.165, 1.54) is 18.2 Å². The van der Waals surface area contributed by atoms with E-state index in [1.54, 1.807) is 6.92 Å². The minimum absolute atomic E-state index is 0.244. The second-order valence-corrected chi connectivity index (χ2v) is 7.81. The molecule has 0 aliphatic carbocycles. The van der Waals surface area contributed by atoms with Gasteiger partial charge < -0.3 is 9.64 Å². The lowest BCUT2D eigenvalue weighted by molar-refractivity contribution is -0.140. The number of ether oxygens (including phenoxy) is 1. The summed E-state index contributed by atoms with van der Waals surface area (Å²) in [5, 5.41) is 0. The molecule has 0 spiro atoms. The van der Waals surface area contributed by atoms with E-state index in [-0.39, 0.29) is 12.1 Å². The van der Waals surface area contributed by atoms with Crippen molar-refractivity contribution >= 4 is 21.8 Å². The SMILES string of the molecule is CC(=O)OCCCN1CCc2cc(CC(C)OS(C)(=O)=O)ccc21. The van der Waals surface area contributed by atoms with Crippen LogP contribution in [-0.4, -0.2) is 46.4 Å². The molecule has 1 heterocycles. The van der Waals surface area contributed by atoms with E-state index in [0.717, 1.165) is 37.8 Å². The number of anilines is 1. The van der Waals surface area contributed by atoms with Crippen molar-refractivity contribution in [3.63, 3.8) is 0 Å². The lowest BCUT2D eigenvalue weighted by Gasteiger charge is -2.19. The number of nitrogens with zero attached hydrogens (tertiary/aromatic N) is 1. The van der Waals surface area contributed by atoms with E-state index < -0.39 is 10.1 Å². The van der Waals surface area contributed by atoms with E-state index in [2.05, 4.69) is 17.0 Å². The molecule has 0 saturated carbocycles. The van der Waals surface area contributed by atoms with Gasteiger partial charge in [0.15, 0.2) is 0 Å². The van der Waals surface area contributed by atoms with Gasteiger partial charge in [-0.2, -0.15) is 8.42 Å². The fraction of sp³-hybridized carbons (Fsp3) is 0.588. The van der Waals surface area contributed by atoms with Gasteiger partial charge in [-0.25, -0.2) is 0 Å². The zero-order valence-electron chi connectivity index (χ0n) is 14.4. The molecule has 6 nitrogen and oxygen atoms in total. The van der Waals surface area contributed by atoms with Gasteiger partial charge in [0.05, 0.1) is 19.0 Å². The van der Waals surface area contributed by atoms with Crippen LogP contribution in [0, 0.1) is 0 Å². The van der Waals surface area contributed by atoms with Gasteiger partial charge in [-0.15, -0.1) is 0 Å². The molecule has 0 fully saturated rings. The first-order valence-corrected chi connectivity index (χ1v) is 9.94. The highest BCUT2D eigenvalue weighted by Crippen LogP contribution is 2.29. The summed E-state index contributed by atoms with van der Waals surface area (Å²) in [6, 6.07) is 6.23. The predicted molar refractivity (Wildman–Crippen MR) is 92.7 cm³/mol. The van der Waals surface area contributed by atoms with Crippen LogP contribution in [0.25, 0.3) is 0 Å². The van der Waals surface area contributed by atoms with Crippen molar-refractivity contribution in [1.29, 1.82) is 0 Å². The first-order valence-electron chi connectivity index (χ1n) is 8.13. The number of carbonyl (C=O) groups excluding carboxylic acids is 1. The van der Waals surface area contributed by atoms with Crippen LogP contribution >= 0.6 is 0 Å². The van der Waals surface area contributed by atoms with Crippen LogP contribution in [0.1, 0.15) is 31.4 Å². The van der Waals surface area contributed by atoms with E-state index in [9.17, 15) is 13.2 Å². The fourth-order valence-electron chi connectivity index (χ4n) is 3.02. The fourth-order valence-corrected chi connectivity index (χ4v) is 3.68. The Kier molecular flexibility index (Phi) is 6.23. The van der Waals surface area contributed by atoms with Crippen LogP contribution in [0.4, 0.5) is 5.69 Å². The van der Waals surface area contributed by atoms with Crippen molar-refractivity contribution in [2.24, 2.45) is 0 Å². The molecule has 24 heavy (non-hydrogen) atoms. The maximum absolute atomic E-state index is 11.2. The molecule has 0 saturated heterocycles. The summed E-state index contributed by atoms with van der Waals surface area (Å²) in [6.07, 6.45) is 3.03. The third-order valence-electron chi connectivity index (χ3n) is 3.88. The molecule has 0 radical (unpaired) electrons. The molecule has 0 amide bonds. The number of esters is 1. The molecule has 2 rings (SSSR count). The Labute approximate surface area is 143 Å². The number of hydrogen-bond donors (Lipinski definition) is 0. The van der Waals surface area contributed by atoms with Gasteiger partial charge in [-0.05, 0) is 43.4 Å². The van der Waals surface area contributed by atoms with E-state index in [0.29, 0.717) is 13.0 Å². The van der Waals surface area contributed by atoms with Crippen molar-refractivity contribution in [2.75, 3.05) is 30.9 Å². The molecule has 1 aromatic rings. The molecule has 1 aliphatic heterocycles. The standard InChI is InChI=1S/C17H25NO5S/c1-13(23-24(3,20)21)11-15-5-6-17-16(12-15)7-9-18(17)8-4-10-22-14(2)19/h5-6,12-13H,4,7-11H2,1-3H3. The van der Waals surface area contributed by atoms with Gasteiger partial charge in [0, 0.05) is 25.7 Å². The molecular weight excluding hydrogens is 330 g/mol. The van der Waals surface area contributed by atoms with Gasteiger partial charge in [0.25, 0.3) is 10.1 Å². The van der Waals surface area contributed by atoms with Crippen LogP contribution in [0.2, 0.25) is 0 Å². The summed E-state index contributed by atoms with van der Waals surface area (Å²) in [4.78, 5) is 13.1. The topological polar surface area (TPSA) is 72.9 Å². The molecule has 134 valence electrons. The largest absolute Gasteiger partial charge is 0.466 e. The van der Waals surface area contributed by atoms with Crippen LogP contribution in [0.5, 0.6) is 0 Å². The zero-order valence-corrected chi connectivity index (χ0v) is 15.3. The number of carbonyl (C=O) groups is 1. The highest BCUT2D eigenvalue weighted by Gasteiger charge is 2.20. The Morgan fingerprint density at radius 2 is 2.12 bits per heavy atom. The quantitative estimate of drug-likeness (QED) is 0.403. The number of fused-ring (bicyclic) bond motifs is 1. The Hall–Kier alpha value is -1.60. The first-order chi connectivity index (χ1) is 11.2. The van der Waals surface area contributed by atoms with Gasteiger partial charge in [0.2, 0.25) is 0 Å². The Balaban J connectivity index is 1.91. The summed E-state index contributed by atoms with van der Waals surface area (Å²) in [7, 11) is -3.43. The van der Waals surface area contributed by atoms with Crippen molar-refractivity contribution in [1.82, 2.24) is 0 Å². The van der Waals surface area contributed by atoms with E-state index in [1.807, 2.05) is 6.07 Å². The molecule has 1 aliphatic rings. The predicted octanol–water partition coefficient (Wildman–Crippen LogP) is 1.91. The Morgan fingerprint density at radius 3 is 2.79 bits per heavy atom. The molecule has 0 aromatic heterocycles. The number of benzene rings is 1. The Bertz CT molecular complexity index is 686. The lowest BCUT2D eigenvalue weighted by Crippen LogP contribution is -2.23. The molecule has 0 bridgehead atoms.